The summed E-state index contributed by atoms with van der Waals surface area (Å²) in [6.07, 6.45) is 5.68. The second-order valence-corrected chi connectivity index (χ2v) is 6.42. The fraction of sp³-hybridized carbons (Fsp3) is 0.733. The number of carbonyl (C=O) groups excluding carboxylic acids is 1. The van der Waals surface area contributed by atoms with Crippen molar-refractivity contribution in [3.63, 3.8) is 0 Å². The smallest absolute Gasteiger partial charge is 0.410 e. The fourth-order valence-electron chi connectivity index (χ4n) is 2.59. The molecule has 0 saturated carbocycles. The van der Waals surface area contributed by atoms with Crippen LogP contribution in [0.2, 0.25) is 0 Å². The number of likely N-dealkylation sites (tertiary alicyclic amines) is 1. The quantitative estimate of drug-likeness (QED) is 0.854. The predicted octanol–water partition coefficient (Wildman–Crippen LogP) is 3.02. The molecule has 5 nitrogen and oxygen atoms in total. The number of imidazole rings is 1. The molecule has 2 heterocycles. The van der Waals surface area contributed by atoms with Crippen LogP contribution < -0.4 is 0 Å². The van der Waals surface area contributed by atoms with Gasteiger partial charge in [0.05, 0.1) is 6.33 Å². The number of amides is 1. The van der Waals surface area contributed by atoms with Gasteiger partial charge in [0.1, 0.15) is 5.60 Å². The molecule has 1 unspecified atom stereocenters. The highest BCUT2D eigenvalue weighted by atomic mass is 16.6. The molecule has 1 fully saturated rings. The van der Waals surface area contributed by atoms with Gasteiger partial charge in [0, 0.05) is 37.4 Å². The number of rotatable bonds is 3. The van der Waals surface area contributed by atoms with E-state index >= 15 is 0 Å². The third-order valence-electron chi connectivity index (χ3n) is 3.47. The first-order chi connectivity index (χ1) is 9.40. The molecule has 0 bridgehead atoms. The van der Waals surface area contributed by atoms with Gasteiger partial charge in [0.15, 0.2) is 0 Å². The lowest BCUT2D eigenvalue weighted by Crippen LogP contribution is -2.35. The summed E-state index contributed by atoms with van der Waals surface area (Å²) in [5, 5.41) is 0. The predicted molar refractivity (Wildman–Crippen MR) is 77.7 cm³/mol. The summed E-state index contributed by atoms with van der Waals surface area (Å²) in [6, 6.07) is 0. The molecule has 1 amide bonds. The van der Waals surface area contributed by atoms with E-state index in [0.717, 1.165) is 32.5 Å². The van der Waals surface area contributed by atoms with Gasteiger partial charge in [-0.25, -0.2) is 9.78 Å². The Balaban J connectivity index is 1.98. The van der Waals surface area contributed by atoms with Gasteiger partial charge >= 0.3 is 6.09 Å². The summed E-state index contributed by atoms with van der Waals surface area (Å²) in [6.45, 7) is 10.3. The zero-order chi connectivity index (χ0) is 14.8. The zero-order valence-electron chi connectivity index (χ0n) is 12.9. The van der Waals surface area contributed by atoms with E-state index in [9.17, 15) is 4.79 Å². The molecule has 0 spiro atoms. The Bertz CT molecular complexity index is 462. The van der Waals surface area contributed by atoms with Crippen LogP contribution in [-0.4, -0.2) is 39.2 Å². The first kappa shape index (κ1) is 14.9. The van der Waals surface area contributed by atoms with Crippen LogP contribution in [0.5, 0.6) is 0 Å². The van der Waals surface area contributed by atoms with Crippen LogP contribution in [0.3, 0.4) is 0 Å². The van der Waals surface area contributed by atoms with Crippen LogP contribution in [0.25, 0.3) is 0 Å². The number of ether oxygens (including phenoxy) is 1. The van der Waals surface area contributed by atoms with Crippen molar-refractivity contribution >= 4 is 6.09 Å². The van der Waals surface area contributed by atoms with E-state index in [0.29, 0.717) is 5.92 Å². The van der Waals surface area contributed by atoms with Crippen LogP contribution in [-0.2, 0) is 11.3 Å². The molecule has 0 radical (unpaired) electrons. The Morgan fingerprint density at radius 2 is 2.25 bits per heavy atom. The van der Waals surface area contributed by atoms with Crippen molar-refractivity contribution in [1.29, 1.82) is 0 Å². The molecule has 1 aromatic heterocycles. The lowest BCUT2D eigenvalue weighted by atomic mass is 10.1. The number of hydrogen-bond acceptors (Lipinski definition) is 3. The molecule has 0 aromatic carbocycles. The highest BCUT2D eigenvalue weighted by molar-refractivity contribution is 5.68. The van der Waals surface area contributed by atoms with Crippen molar-refractivity contribution in [1.82, 2.24) is 14.5 Å². The zero-order valence-corrected chi connectivity index (χ0v) is 12.9. The maximum atomic E-state index is 12.1. The number of aromatic nitrogens is 2. The average molecular weight is 279 g/mol. The first-order valence-corrected chi connectivity index (χ1v) is 7.38. The Morgan fingerprint density at radius 1 is 1.50 bits per heavy atom. The minimum atomic E-state index is -0.431. The van der Waals surface area contributed by atoms with Crippen LogP contribution >= 0.6 is 0 Å². The van der Waals surface area contributed by atoms with E-state index in [1.165, 1.54) is 5.69 Å². The van der Waals surface area contributed by atoms with Gasteiger partial charge in [-0.1, -0.05) is 6.92 Å². The van der Waals surface area contributed by atoms with E-state index in [1.54, 1.807) is 4.90 Å². The largest absolute Gasteiger partial charge is 0.444 e. The summed E-state index contributed by atoms with van der Waals surface area (Å²) in [5.74, 6) is 0.372. The highest BCUT2D eigenvalue weighted by Gasteiger charge is 2.31. The lowest BCUT2D eigenvalue weighted by Gasteiger charge is -2.24. The highest BCUT2D eigenvalue weighted by Crippen LogP contribution is 2.28. The van der Waals surface area contributed by atoms with Crippen molar-refractivity contribution in [3.05, 3.63) is 18.2 Å². The summed E-state index contributed by atoms with van der Waals surface area (Å²) in [4.78, 5) is 18.1. The van der Waals surface area contributed by atoms with Crippen LogP contribution in [0.4, 0.5) is 4.79 Å². The fourth-order valence-corrected chi connectivity index (χ4v) is 2.59. The number of nitrogens with zero attached hydrogens (tertiary/aromatic N) is 3. The third-order valence-corrected chi connectivity index (χ3v) is 3.47. The van der Waals surface area contributed by atoms with Gasteiger partial charge in [-0.2, -0.15) is 0 Å². The molecule has 1 aromatic rings. The molecule has 0 N–H and O–H groups in total. The second-order valence-electron chi connectivity index (χ2n) is 6.42. The molecular formula is C15H25N3O2. The number of aryl methyl sites for hydroxylation is 1. The van der Waals surface area contributed by atoms with Gasteiger partial charge in [-0.15, -0.1) is 0 Å². The Hall–Kier alpha value is -1.52. The minimum absolute atomic E-state index is 0.207. The summed E-state index contributed by atoms with van der Waals surface area (Å²) >= 11 is 0. The SMILES string of the molecule is CCCn1cncc1C1CCN(C(=O)OC(C)(C)C)C1. The molecule has 20 heavy (non-hydrogen) atoms. The maximum Gasteiger partial charge on any atom is 0.410 e. The van der Waals surface area contributed by atoms with Crippen LogP contribution in [0.15, 0.2) is 12.5 Å². The summed E-state index contributed by atoms with van der Waals surface area (Å²) in [7, 11) is 0. The van der Waals surface area contributed by atoms with E-state index < -0.39 is 5.60 Å². The average Bonchev–Trinajstić information content (AvgIpc) is 2.94. The first-order valence-electron chi connectivity index (χ1n) is 7.38. The van der Waals surface area contributed by atoms with Crippen molar-refractivity contribution in [2.24, 2.45) is 0 Å². The van der Waals surface area contributed by atoms with E-state index in [2.05, 4.69) is 16.5 Å². The molecule has 112 valence electrons. The lowest BCUT2D eigenvalue weighted by molar-refractivity contribution is 0.0292. The maximum absolute atomic E-state index is 12.1. The van der Waals surface area contributed by atoms with Crippen molar-refractivity contribution < 1.29 is 9.53 Å². The Morgan fingerprint density at radius 3 is 2.90 bits per heavy atom. The van der Waals surface area contributed by atoms with Crippen molar-refractivity contribution in [3.8, 4) is 0 Å². The summed E-state index contributed by atoms with van der Waals surface area (Å²) in [5.41, 5.74) is 0.803. The standard InChI is InChI=1S/C15H25N3O2/c1-5-7-18-11-16-9-13(18)12-6-8-17(10-12)14(19)20-15(2,3)4/h9,11-12H,5-8,10H2,1-4H3. The molecule has 0 aliphatic carbocycles. The molecule has 1 aliphatic rings. The topological polar surface area (TPSA) is 47.4 Å². The van der Waals surface area contributed by atoms with Gasteiger partial charge in [-0.05, 0) is 33.6 Å². The minimum Gasteiger partial charge on any atom is -0.444 e. The van der Waals surface area contributed by atoms with Crippen molar-refractivity contribution in [2.45, 2.75) is 58.6 Å². The van der Waals surface area contributed by atoms with Gasteiger partial charge in [0.2, 0.25) is 0 Å². The number of hydrogen-bond donors (Lipinski definition) is 0. The molecule has 1 aliphatic heterocycles. The molecular weight excluding hydrogens is 254 g/mol. The van der Waals surface area contributed by atoms with Gasteiger partial charge < -0.3 is 14.2 Å². The molecule has 2 rings (SSSR count). The van der Waals surface area contributed by atoms with Crippen molar-refractivity contribution in [2.75, 3.05) is 13.1 Å². The summed E-state index contributed by atoms with van der Waals surface area (Å²) < 4.78 is 7.63. The van der Waals surface area contributed by atoms with E-state index in [-0.39, 0.29) is 6.09 Å². The monoisotopic (exact) mass is 279 g/mol. The van der Waals surface area contributed by atoms with E-state index in [4.69, 9.17) is 4.74 Å². The molecule has 1 saturated heterocycles. The normalized spacial score (nSPS) is 19.4. The van der Waals surface area contributed by atoms with E-state index in [1.807, 2.05) is 33.3 Å². The second kappa shape index (κ2) is 5.85. The Kier molecular flexibility index (Phi) is 4.35. The molecule has 1 atom stereocenters. The Labute approximate surface area is 120 Å². The van der Waals surface area contributed by atoms with Gasteiger partial charge in [0.25, 0.3) is 0 Å². The van der Waals surface area contributed by atoms with Gasteiger partial charge in [-0.3, -0.25) is 0 Å². The molecule has 5 heteroatoms. The van der Waals surface area contributed by atoms with Crippen LogP contribution in [0.1, 0.15) is 52.1 Å². The number of carbonyl (C=O) groups is 1. The van der Waals surface area contributed by atoms with Crippen LogP contribution in [0, 0.1) is 0 Å². The third kappa shape index (κ3) is 3.52.